The van der Waals surface area contributed by atoms with E-state index in [1.165, 1.54) is 25.5 Å². The van der Waals surface area contributed by atoms with E-state index in [0.29, 0.717) is 22.4 Å². The Morgan fingerprint density at radius 2 is 2.04 bits per heavy atom. The summed E-state index contributed by atoms with van der Waals surface area (Å²) in [7, 11) is -1.26. The van der Waals surface area contributed by atoms with Gasteiger partial charge in [-0.25, -0.2) is 18.4 Å². The van der Waals surface area contributed by atoms with Gasteiger partial charge in [0.2, 0.25) is 5.95 Å². The van der Waals surface area contributed by atoms with Gasteiger partial charge in [0.25, 0.3) is 0 Å². The molecule has 0 N–H and O–H groups in total. The third kappa shape index (κ3) is 4.15. The summed E-state index contributed by atoms with van der Waals surface area (Å²) in [6, 6.07) is 5.69. The number of hydrogen-bond donors (Lipinski definition) is 0. The molecule has 142 valence electrons. The van der Waals surface area contributed by atoms with Crippen molar-refractivity contribution in [3.63, 3.8) is 0 Å². The second-order valence-corrected chi connectivity index (χ2v) is 9.38. The van der Waals surface area contributed by atoms with Gasteiger partial charge in [-0.3, -0.25) is 4.90 Å². The summed E-state index contributed by atoms with van der Waals surface area (Å²) in [6.45, 7) is 7.23. The normalized spacial score (nSPS) is 19.0. The molecule has 0 spiro atoms. The molecule has 6 nitrogen and oxygen atoms in total. The van der Waals surface area contributed by atoms with Crippen molar-refractivity contribution in [2.75, 3.05) is 37.8 Å². The number of anilines is 1. The van der Waals surface area contributed by atoms with Gasteiger partial charge in [-0.1, -0.05) is 6.42 Å². The summed E-state index contributed by atoms with van der Waals surface area (Å²) in [5, 5.41) is 0.888. The van der Waals surface area contributed by atoms with Gasteiger partial charge >= 0.3 is 0 Å². The molecule has 1 aliphatic rings. The Bertz CT molecular complexity index is 898. The number of nitrogens with zero attached hydrogens (tertiary/aromatic N) is 4. The molecule has 7 heteroatoms. The molecule has 0 amide bonds. The number of aryl methyl sites for hydroxylation is 1. The van der Waals surface area contributed by atoms with Gasteiger partial charge in [-0.2, -0.15) is 0 Å². The van der Waals surface area contributed by atoms with Crippen molar-refractivity contribution in [3.8, 4) is 0 Å². The highest BCUT2D eigenvalue weighted by Crippen LogP contribution is 2.22. The Hall–Kier alpha value is -1.73. The van der Waals surface area contributed by atoms with Crippen LogP contribution < -0.4 is 4.90 Å². The number of fused-ring (bicyclic) bond motifs is 1. The van der Waals surface area contributed by atoms with E-state index in [1.807, 2.05) is 14.0 Å². The average molecular weight is 377 g/mol. The molecule has 1 aromatic heterocycles. The minimum absolute atomic E-state index is 0.291. The van der Waals surface area contributed by atoms with Crippen LogP contribution in [0.2, 0.25) is 0 Å². The topological polar surface area (TPSA) is 66.4 Å². The molecule has 2 aromatic rings. The number of likely N-dealkylation sites (N-methyl/N-ethyl adjacent to an activating group) is 1. The Kier molecular flexibility index (Phi) is 5.48. The van der Waals surface area contributed by atoms with Crippen LogP contribution in [0.1, 0.15) is 31.9 Å². The molecule has 0 bridgehead atoms. The van der Waals surface area contributed by atoms with Crippen molar-refractivity contribution in [3.05, 3.63) is 23.9 Å². The van der Waals surface area contributed by atoms with Crippen LogP contribution in [0, 0.1) is 6.92 Å². The summed E-state index contributed by atoms with van der Waals surface area (Å²) < 4.78 is 23.7. The lowest BCUT2D eigenvalue weighted by molar-refractivity contribution is 0.165. The summed E-state index contributed by atoms with van der Waals surface area (Å²) in [6.07, 6.45) is 5.08. The molecule has 1 fully saturated rings. The van der Waals surface area contributed by atoms with E-state index >= 15 is 0 Å². The molecule has 0 unspecified atom stereocenters. The molecule has 1 atom stereocenters. The van der Waals surface area contributed by atoms with Crippen LogP contribution in [0.5, 0.6) is 0 Å². The molecule has 2 heterocycles. The molecule has 26 heavy (non-hydrogen) atoms. The Morgan fingerprint density at radius 3 is 2.73 bits per heavy atom. The number of likely N-dealkylation sites (tertiary alicyclic amines) is 1. The highest BCUT2D eigenvalue weighted by molar-refractivity contribution is 7.90. The monoisotopic (exact) mass is 376 g/mol. The quantitative estimate of drug-likeness (QED) is 0.799. The minimum Gasteiger partial charge on any atom is -0.343 e. The fraction of sp³-hybridized carbons (Fsp3) is 0.579. The lowest BCUT2D eigenvalue weighted by Gasteiger charge is -2.34. The van der Waals surface area contributed by atoms with E-state index in [4.69, 9.17) is 0 Å². The third-order valence-corrected chi connectivity index (χ3v) is 6.39. The Morgan fingerprint density at radius 1 is 1.27 bits per heavy atom. The fourth-order valence-corrected chi connectivity index (χ4v) is 4.16. The first-order chi connectivity index (χ1) is 12.3. The van der Waals surface area contributed by atoms with E-state index in [9.17, 15) is 8.42 Å². The van der Waals surface area contributed by atoms with Crippen molar-refractivity contribution in [1.82, 2.24) is 14.9 Å². The van der Waals surface area contributed by atoms with Crippen molar-refractivity contribution in [2.24, 2.45) is 0 Å². The smallest absolute Gasteiger partial charge is 0.225 e. The van der Waals surface area contributed by atoms with Crippen LogP contribution in [0.3, 0.4) is 0 Å². The highest BCUT2D eigenvalue weighted by atomic mass is 32.2. The standard InChI is InChI=1S/C19H28N4O2S/c1-14-7-5-6-10-23(14)12-11-22(3)19-20-15(2)17-9-8-16(26(4,24)25)13-18(17)21-19/h8-9,13-14H,5-7,10-12H2,1-4H3/t14-/m0/s1. The van der Waals surface area contributed by atoms with Crippen molar-refractivity contribution < 1.29 is 8.42 Å². The molecule has 1 aromatic carbocycles. The molecule has 0 saturated carbocycles. The summed E-state index contributed by atoms with van der Waals surface area (Å²) in [4.78, 5) is 14.1. The first-order valence-corrected chi connectivity index (χ1v) is 11.1. The lowest BCUT2D eigenvalue weighted by Crippen LogP contribution is -2.42. The zero-order valence-electron chi connectivity index (χ0n) is 16.1. The molecule has 1 aliphatic heterocycles. The second kappa shape index (κ2) is 7.48. The number of aromatic nitrogens is 2. The maximum Gasteiger partial charge on any atom is 0.225 e. The maximum atomic E-state index is 11.8. The summed E-state index contributed by atoms with van der Waals surface area (Å²) >= 11 is 0. The van der Waals surface area contributed by atoms with Crippen LogP contribution in [-0.2, 0) is 9.84 Å². The zero-order chi connectivity index (χ0) is 18.9. The molecule has 0 aliphatic carbocycles. The largest absolute Gasteiger partial charge is 0.343 e. The van der Waals surface area contributed by atoms with Crippen LogP contribution in [0.4, 0.5) is 5.95 Å². The lowest BCUT2D eigenvalue weighted by atomic mass is 10.0. The number of hydrogen-bond acceptors (Lipinski definition) is 6. The molecule has 3 rings (SSSR count). The van der Waals surface area contributed by atoms with Gasteiger partial charge in [0.05, 0.1) is 16.1 Å². The summed E-state index contributed by atoms with van der Waals surface area (Å²) in [5.41, 5.74) is 1.54. The van der Waals surface area contributed by atoms with Gasteiger partial charge in [0.15, 0.2) is 9.84 Å². The van der Waals surface area contributed by atoms with Gasteiger partial charge in [-0.15, -0.1) is 0 Å². The van der Waals surface area contributed by atoms with Crippen molar-refractivity contribution in [2.45, 2.75) is 44.0 Å². The predicted molar refractivity (Wildman–Crippen MR) is 106 cm³/mol. The predicted octanol–water partition coefficient (Wildman–Crippen LogP) is 2.65. The van der Waals surface area contributed by atoms with E-state index in [1.54, 1.807) is 18.2 Å². The van der Waals surface area contributed by atoms with Crippen LogP contribution in [0.15, 0.2) is 23.1 Å². The molecular formula is C19H28N4O2S. The van der Waals surface area contributed by atoms with E-state index in [-0.39, 0.29) is 0 Å². The SMILES string of the molecule is Cc1nc(N(C)CCN2CCCC[C@@H]2C)nc2cc(S(C)(=O)=O)ccc12. The van der Waals surface area contributed by atoms with Crippen LogP contribution >= 0.6 is 0 Å². The van der Waals surface area contributed by atoms with Gasteiger partial charge in [0, 0.05) is 37.8 Å². The zero-order valence-corrected chi connectivity index (χ0v) is 16.9. The van der Waals surface area contributed by atoms with E-state index in [0.717, 1.165) is 30.7 Å². The van der Waals surface area contributed by atoms with Crippen molar-refractivity contribution in [1.29, 1.82) is 0 Å². The first kappa shape index (κ1) is 19.0. The summed E-state index contributed by atoms with van der Waals surface area (Å²) in [5.74, 6) is 0.644. The van der Waals surface area contributed by atoms with Crippen LogP contribution in [0.25, 0.3) is 10.9 Å². The Labute approximate surface area is 156 Å². The van der Waals surface area contributed by atoms with Gasteiger partial charge < -0.3 is 4.90 Å². The number of sulfone groups is 1. The third-order valence-electron chi connectivity index (χ3n) is 5.28. The number of benzene rings is 1. The molecule has 0 radical (unpaired) electrons. The van der Waals surface area contributed by atoms with Crippen molar-refractivity contribution >= 4 is 26.7 Å². The van der Waals surface area contributed by atoms with E-state index < -0.39 is 9.84 Å². The molecule has 1 saturated heterocycles. The second-order valence-electron chi connectivity index (χ2n) is 7.36. The number of piperidine rings is 1. The Balaban J connectivity index is 1.82. The van der Waals surface area contributed by atoms with E-state index in [2.05, 4.69) is 26.7 Å². The molecular weight excluding hydrogens is 348 g/mol. The average Bonchev–Trinajstić information content (AvgIpc) is 2.59. The first-order valence-electron chi connectivity index (χ1n) is 9.19. The highest BCUT2D eigenvalue weighted by Gasteiger charge is 2.19. The number of rotatable bonds is 5. The van der Waals surface area contributed by atoms with Crippen LogP contribution in [-0.4, -0.2) is 62.3 Å². The maximum absolute atomic E-state index is 11.8. The minimum atomic E-state index is -3.25. The van der Waals surface area contributed by atoms with Gasteiger partial charge in [-0.05, 0) is 51.4 Å². The fourth-order valence-electron chi connectivity index (χ4n) is 3.52. The van der Waals surface area contributed by atoms with Gasteiger partial charge in [0.1, 0.15) is 0 Å².